The fraction of sp³-hybridized carbons (Fsp3) is 0.435. The second kappa shape index (κ2) is 9.71. The summed E-state index contributed by atoms with van der Waals surface area (Å²) in [5.74, 6) is 0.625. The minimum atomic E-state index is -0.100. The molecule has 3 rings (SSSR count). The van der Waals surface area contributed by atoms with E-state index in [1.807, 2.05) is 25.1 Å². The Kier molecular flexibility index (Phi) is 7.06. The van der Waals surface area contributed by atoms with E-state index in [9.17, 15) is 4.79 Å². The Hall–Kier alpha value is -2.37. The molecule has 1 atom stereocenters. The molecule has 1 aliphatic heterocycles. The number of hydrogen-bond acceptors (Lipinski definition) is 3. The number of benzene rings is 2. The lowest BCUT2D eigenvalue weighted by Crippen LogP contribution is -3.14. The summed E-state index contributed by atoms with van der Waals surface area (Å²) in [6.07, 6.45) is 0. The van der Waals surface area contributed by atoms with Crippen LogP contribution in [0.5, 0.6) is 5.75 Å². The number of nitrogens with one attached hydrogen (secondary N) is 2. The van der Waals surface area contributed by atoms with Gasteiger partial charge in [0.05, 0.1) is 13.2 Å². The van der Waals surface area contributed by atoms with Crippen LogP contribution in [0.1, 0.15) is 28.3 Å². The Morgan fingerprint density at radius 2 is 1.79 bits per heavy atom. The Morgan fingerprint density at radius 1 is 1.07 bits per heavy atom. The van der Waals surface area contributed by atoms with E-state index in [1.54, 1.807) is 0 Å². The molecule has 150 valence electrons. The monoisotopic (exact) mass is 383 g/mol. The number of aryl methyl sites for hydroxylation is 3. The van der Waals surface area contributed by atoms with Crippen LogP contribution in [-0.2, 0) is 9.53 Å². The number of ether oxygens (including phenoxy) is 2. The summed E-state index contributed by atoms with van der Waals surface area (Å²) >= 11 is 0. The summed E-state index contributed by atoms with van der Waals surface area (Å²) in [4.78, 5) is 14.0. The molecule has 1 heterocycles. The minimum absolute atomic E-state index is 0.0172. The predicted molar refractivity (Wildman–Crippen MR) is 110 cm³/mol. The van der Waals surface area contributed by atoms with Gasteiger partial charge >= 0.3 is 0 Å². The van der Waals surface area contributed by atoms with Crippen LogP contribution in [0.15, 0.2) is 42.5 Å². The Morgan fingerprint density at radius 3 is 2.46 bits per heavy atom. The van der Waals surface area contributed by atoms with Gasteiger partial charge in [0.2, 0.25) is 0 Å². The fourth-order valence-corrected chi connectivity index (χ4v) is 3.39. The van der Waals surface area contributed by atoms with E-state index in [2.05, 4.69) is 43.4 Å². The van der Waals surface area contributed by atoms with Gasteiger partial charge in [0, 0.05) is 0 Å². The van der Waals surface area contributed by atoms with E-state index in [0.717, 1.165) is 49.7 Å². The summed E-state index contributed by atoms with van der Waals surface area (Å²) in [6.45, 7) is 10.5. The topological polar surface area (TPSA) is 52.0 Å². The number of carbonyl (C=O) groups is 1. The van der Waals surface area contributed by atoms with Crippen molar-refractivity contribution in [3.05, 3.63) is 64.7 Å². The highest BCUT2D eigenvalue weighted by atomic mass is 16.5. The average Bonchev–Trinajstić information content (AvgIpc) is 2.70. The maximum absolute atomic E-state index is 12.6. The fourth-order valence-electron chi connectivity index (χ4n) is 3.39. The van der Waals surface area contributed by atoms with Gasteiger partial charge in [-0.05, 0) is 49.6 Å². The minimum Gasteiger partial charge on any atom is -0.484 e. The van der Waals surface area contributed by atoms with E-state index < -0.39 is 0 Å². The molecule has 5 nitrogen and oxygen atoms in total. The van der Waals surface area contributed by atoms with Crippen LogP contribution < -0.4 is 15.0 Å². The molecule has 1 aliphatic rings. The molecule has 0 unspecified atom stereocenters. The molecule has 0 radical (unpaired) electrons. The molecular formula is C23H31N2O3+. The zero-order valence-corrected chi connectivity index (χ0v) is 17.1. The first-order chi connectivity index (χ1) is 13.5. The molecule has 0 spiro atoms. The third-order valence-electron chi connectivity index (χ3n) is 5.36. The molecule has 0 aromatic heterocycles. The highest BCUT2D eigenvalue weighted by Crippen LogP contribution is 2.17. The van der Waals surface area contributed by atoms with E-state index >= 15 is 0 Å². The predicted octanol–water partition coefficient (Wildman–Crippen LogP) is 1.76. The van der Waals surface area contributed by atoms with Gasteiger partial charge in [-0.3, -0.25) is 4.79 Å². The van der Waals surface area contributed by atoms with Crippen molar-refractivity contribution in [1.29, 1.82) is 0 Å². The van der Waals surface area contributed by atoms with Crippen molar-refractivity contribution < 1.29 is 19.2 Å². The first kappa shape index (κ1) is 20.4. The lowest BCUT2D eigenvalue weighted by atomic mass is 10.0. The number of morpholine rings is 1. The normalized spacial score (nSPS) is 15.8. The summed E-state index contributed by atoms with van der Waals surface area (Å²) in [7, 11) is 0. The van der Waals surface area contributed by atoms with Crippen molar-refractivity contribution in [2.24, 2.45) is 0 Å². The first-order valence-corrected chi connectivity index (χ1v) is 9.98. The molecule has 1 amide bonds. The lowest BCUT2D eigenvalue weighted by molar-refractivity contribution is -0.909. The second-order valence-electron chi connectivity index (χ2n) is 7.63. The van der Waals surface area contributed by atoms with Crippen molar-refractivity contribution in [2.45, 2.75) is 26.8 Å². The van der Waals surface area contributed by atoms with Crippen LogP contribution in [0.3, 0.4) is 0 Å². The van der Waals surface area contributed by atoms with Gasteiger partial charge in [-0.15, -0.1) is 0 Å². The van der Waals surface area contributed by atoms with E-state index in [4.69, 9.17) is 9.47 Å². The summed E-state index contributed by atoms with van der Waals surface area (Å²) in [5.41, 5.74) is 4.71. The zero-order chi connectivity index (χ0) is 19.9. The molecule has 28 heavy (non-hydrogen) atoms. The molecule has 0 aliphatic carbocycles. The van der Waals surface area contributed by atoms with Gasteiger partial charge in [0.1, 0.15) is 31.4 Å². The van der Waals surface area contributed by atoms with Crippen molar-refractivity contribution in [1.82, 2.24) is 5.32 Å². The van der Waals surface area contributed by atoms with Crippen LogP contribution in [0.25, 0.3) is 0 Å². The van der Waals surface area contributed by atoms with Gasteiger partial charge in [-0.1, -0.05) is 35.9 Å². The third kappa shape index (κ3) is 5.81. The molecule has 0 saturated carbocycles. The maximum Gasteiger partial charge on any atom is 0.258 e. The molecule has 1 saturated heterocycles. The van der Waals surface area contributed by atoms with E-state index in [-0.39, 0.29) is 18.6 Å². The Bertz CT molecular complexity index is 783. The largest absolute Gasteiger partial charge is 0.484 e. The van der Waals surface area contributed by atoms with Crippen LogP contribution in [-0.4, -0.2) is 45.4 Å². The standard InChI is InChI=1S/C23H30N2O3/c1-17-4-7-20(8-5-17)22(15-25-10-12-27-13-11-25)24-23(26)16-28-21-9-6-18(2)19(3)14-21/h4-9,14,22H,10-13,15-16H2,1-3H3,(H,24,26)/p+1/t22-/m0/s1. The lowest BCUT2D eigenvalue weighted by Gasteiger charge is -2.28. The van der Waals surface area contributed by atoms with Gasteiger partial charge in [0.25, 0.3) is 5.91 Å². The quantitative estimate of drug-likeness (QED) is 0.766. The highest BCUT2D eigenvalue weighted by Gasteiger charge is 2.23. The summed E-state index contributed by atoms with van der Waals surface area (Å²) in [5, 5.41) is 3.17. The number of quaternary nitrogens is 1. The van der Waals surface area contributed by atoms with Crippen LogP contribution in [0, 0.1) is 20.8 Å². The van der Waals surface area contributed by atoms with Crippen LogP contribution in [0.4, 0.5) is 0 Å². The molecular weight excluding hydrogens is 352 g/mol. The van der Waals surface area contributed by atoms with Gasteiger partial charge in [-0.2, -0.15) is 0 Å². The first-order valence-electron chi connectivity index (χ1n) is 9.98. The molecule has 1 fully saturated rings. The van der Waals surface area contributed by atoms with Gasteiger partial charge in [0.15, 0.2) is 6.61 Å². The second-order valence-corrected chi connectivity index (χ2v) is 7.63. The molecule has 2 aromatic carbocycles. The Balaban J connectivity index is 1.62. The van der Waals surface area contributed by atoms with Crippen molar-refractivity contribution >= 4 is 5.91 Å². The smallest absolute Gasteiger partial charge is 0.258 e. The maximum atomic E-state index is 12.6. The van der Waals surface area contributed by atoms with Crippen molar-refractivity contribution in [3.63, 3.8) is 0 Å². The van der Waals surface area contributed by atoms with Crippen molar-refractivity contribution in [2.75, 3.05) is 39.5 Å². The summed E-state index contributed by atoms with van der Waals surface area (Å²) in [6, 6.07) is 14.2. The third-order valence-corrected chi connectivity index (χ3v) is 5.36. The van der Waals surface area contributed by atoms with Crippen molar-refractivity contribution in [3.8, 4) is 5.75 Å². The number of amides is 1. The van der Waals surface area contributed by atoms with Gasteiger partial charge < -0.3 is 19.7 Å². The van der Waals surface area contributed by atoms with E-state index in [1.165, 1.54) is 16.0 Å². The SMILES string of the molecule is Cc1ccc([C@H](C[NH+]2CCOCC2)NC(=O)COc2ccc(C)c(C)c2)cc1. The van der Waals surface area contributed by atoms with Crippen LogP contribution >= 0.6 is 0 Å². The number of hydrogen-bond donors (Lipinski definition) is 2. The van der Waals surface area contributed by atoms with Crippen LogP contribution in [0.2, 0.25) is 0 Å². The number of carbonyl (C=O) groups excluding carboxylic acids is 1. The molecule has 0 bridgehead atoms. The molecule has 5 heteroatoms. The molecule has 2 N–H and O–H groups in total. The zero-order valence-electron chi connectivity index (χ0n) is 17.1. The highest BCUT2D eigenvalue weighted by molar-refractivity contribution is 5.78. The average molecular weight is 384 g/mol. The summed E-state index contributed by atoms with van der Waals surface area (Å²) < 4.78 is 11.2. The molecule has 2 aromatic rings. The van der Waals surface area contributed by atoms with Gasteiger partial charge in [-0.25, -0.2) is 0 Å². The van der Waals surface area contributed by atoms with E-state index in [0.29, 0.717) is 0 Å². The Labute approximate surface area is 167 Å². The number of rotatable bonds is 7.